The van der Waals surface area contributed by atoms with Crippen LogP contribution < -0.4 is 14.8 Å². The van der Waals surface area contributed by atoms with Gasteiger partial charge in [-0.3, -0.25) is 0 Å². The first kappa shape index (κ1) is 19.3. The van der Waals surface area contributed by atoms with E-state index in [2.05, 4.69) is 64.3 Å². The zero-order valence-electron chi connectivity index (χ0n) is 16.9. The highest BCUT2D eigenvalue weighted by molar-refractivity contribution is 7.80. The largest absolute Gasteiger partial charge is 0.497 e. The van der Waals surface area contributed by atoms with Gasteiger partial charge in [-0.1, -0.05) is 29.8 Å². The minimum absolute atomic E-state index is 0.0518. The van der Waals surface area contributed by atoms with Gasteiger partial charge in [-0.2, -0.15) is 0 Å². The lowest BCUT2D eigenvalue weighted by molar-refractivity contribution is 0.293. The molecule has 1 aromatic heterocycles. The summed E-state index contributed by atoms with van der Waals surface area (Å²) in [7, 11) is 3.30. The molecular formula is C23H25N3O2S. The quantitative estimate of drug-likeness (QED) is 0.639. The van der Waals surface area contributed by atoms with Gasteiger partial charge in [0.2, 0.25) is 0 Å². The highest BCUT2D eigenvalue weighted by Gasteiger charge is 2.30. The Bertz CT molecular complexity index is 1010. The first-order chi connectivity index (χ1) is 14.1. The summed E-state index contributed by atoms with van der Waals surface area (Å²) in [6, 6.07) is 18.6. The van der Waals surface area contributed by atoms with Gasteiger partial charge >= 0.3 is 0 Å². The molecule has 4 rings (SSSR count). The number of hydrogen-bond acceptors (Lipinski definition) is 3. The van der Waals surface area contributed by atoms with Crippen molar-refractivity contribution in [2.24, 2.45) is 0 Å². The van der Waals surface area contributed by atoms with Crippen LogP contribution in [0, 0.1) is 6.92 Å². The SMILES string of the molecule is COc1ccc(OC)c(NC(=S)N2CCn3cccc3C2c2ccc(C)cc2)c1. The molecule has 1 N–H and O–H groups in total. The van der Waals surface area contributed by atoms with Crippen molar-refractivity contribution in [3.05, 3.63) is 77.6 Å². The monoisotopic (exact) mass is 407 g/mol. The fourth-order valence-corrected chi connectivity index (χ4v) is 4.11. The molecule has 0 spiro atoms. The zero-order valence-corrected chi connectivity index (χ0v) is 17.7. The third kappa shape index (κ3) is 3.80. The molecule has 0 bridgehead atoms. The average Bonchev–Trinajstić information content (AvgIpc) is 3.22. The predicted molar refractivity (Wildman–Crippen MR) is 120 cm³/mol. The maximum atomic E-state index is 5.86. The van der Waals surface area contributed by atoms with Gasteiger partial charge in [0, 0.05) is 31.0 Å². The number of nitrogens with zero attached hydrogens (tertiary/aromatic N) is 2. The topological polar surface area (TPSA) is 38.7 Å². The van der Waals surface area contributed by atoms with E-state index in [-0.39, 0.29) is 6.04 Å². The molecule has 0 aliphatic carbocycles. The van der Waals surface area contributed by atoms with Crippen LogP contribution in [0.1, 0.15) is 22.9 Å². The highest BCUT2D eigenvalue weighted by atomic mass is 32.1. The van der Waals surface area contributed by atoms with Gasteiger partial charge in [0.25, 0.3) is 0 Å². The summed E-state index contributed by atoms with van der Waals surface area (Å²) in [6.45, 7) is 3.81. The lowest BCUT2D eigenvalue weighted by atomic mass is 9.99. The molecule has 0 amide bonds. The molecule has 150 valence electrons. The molecule has 1 aliphatic rings. The van der Waals surface area contributed by atoms with Crippen molar-refractivity contribution in [2.75, 3.05) is 26.1 Å². The smallest absolute Gasteiger partial charge is 0.174 e. The second-order valence-corrected chi connectivity index (χ2v) is 7.52. The van der Waals surface area contributed by atoms with Crippen molar-refractivity contribution in [3.8, 4) is 11.5 Å². The van der Waals surface area contributed by atoms with Gasteiger partial charge in [0.05, 0.1) is 25.9 Å². The van der Waals surface area contributed by atoms with Crippen LogP contribution in [-0.2, 0) is 6.54 Å². The number of aromatic nitrogens is 1. The molecule has 0 saturated heterocycles. The summed E-state index contributed by atoms with van der Waals surface area (Å²) < 4.78 is 13.2. The highest BCUT2D eigenvalue weighted by Crippen LogP contribution is 2.34. The number of rotatable bonds is 4. The molecule has 2 aromatic carbocycles. The summed E-state index contributed by atoms with van der Waals surface area (Å²) in [6.07, 6.45) is 2.13. The molecule has 1 unspecified atom stereocenters. The number of fused-ring (bicyclic) bond motifs is 1. The molecule has 6 heteroatoms. The number of methoxy groups -OCH3 is 2. The van der Waals surface area contributed by atoms with E-state index in [1.54, 1.807) is 14.2 Å². The number of thiocarbonyl (C=S) groups is 1. The Labute approximate surface area is 176 Å². The Kier molecular flexibility index (Phi) is 5.45. The molecule has 1 aliphatic heterocycles. The summed E-state index contributed by atoms with van der Waals surface area (Å²) in [5, 5.41) is 4.04. The van der Waals surface area contributed by atoms with Crippen LogP contribution in [0.4, 0.5) is 5.69 Å². The van der Waals surface area contributed by atoms with E-state index in [0.717, 1.165) is 30.3 Å². The maximum absolute atomic E-state index is 5.86. The van der Waals surface area contributed by atoms with E-state index >= 15 is 0 Å². The van der Waals surface area contributed by atoms with Gasteiger partial charge in [0.1, 0.15) is 11.5 Å². The Balaban J connectivity index is 1.67. The normalized spacial score (nSPS) is 15.6. The summed E-state index contributed by atoms with van der Waals surface area (Å²) in [4.78, 5) is 2.24. The van der Waals surface area contributed by atoms with Gasteiger partial charge < -0.3 is 24.3 Å². The molecular weight excluding hydrogens is 382 g/mol. The van der Waals surface area contributed by atoms with E-state index in [1.807, 2.05) is 18.2 Å². The lowest BCUT2D eigenvalue weighted by Crippen LogP contribution is -2.44. The van der Waals surface area contributed by atoms with E-state index in [9.17, 15) is 0 Å². The Morgan fingerprint density at radius 1 is 1.03 bits per heavy atom. The standard InChI is InChI=1S/C23H25N3O2S/c1-16-6-8-17(9-7-16)22-20-5-4-12-25(20)13-14-26(22)23(29)24-19-15-18(27-2)10-11-21(19)28-3/h4-12,15,22H,13-14H2,1-3H3,(H,24,29). The summed E-state index contributed by atoms with van der Waals surface area (Å²) in [5.74, 6) is 1.47. The minimum atomic E-state index is 0.0518. The van der Waals surface area contributed by atoms with Crippen molar-refractivity contribution in [2.45, 2.75) is 19.5 Å². The van der Waals surface area contributed by atoms with Crippen molar-refractivity contribution in [3.63, 3.8) is 0 Å². The van der Waals surface area contributed by atoms with Crippen LogP contribution in [0.3, 0.4) is 0 Å². The van der Waals surface area contributed by atoms with Crippen molar-refractivity contribution < 1.29 is 9.47 Å². The van der Waals surface area contributed by atoms with Gasteiger partial charge in [-0.05, 0) is 49.0 Å². The Morgan fingerprint density at radius 3 is 2.55 bits per heavy atom. The Hall–Kier alpha value is -2.99. The molecule has 5 nitrogen and oxygen atoms in total. The fraction of sp³-hybridized carbons (Fsp3) is 0.261. The zero-order chi connectivity index (χ0) is 20.4. The second-order valence-electron chi connectivity index (χ2n) is 7.13. The number of anilines is 1. The lowest BCUT2D eigenvalue weighted by Gasteiger charge is -2.39. The van der Waals surface area contributed by atoms with Crippen molar-refractivity contribution >= 4 is 23.0 Å². The molecule has 0 fully saturated rings. The maximum Gasteiger partial charge on any atom is 0.174 e. The fourth-order valence-electron chi connectivity index (χ4n) is 3.80. The van der Waals surface area contributed by atoms with Crippen LogP contribution in [0.2, 0.25) is 0 Å². The molecule has 3 aromatic rings. The number of ether oxygens (including phenoxy) is 2. The van der Waals surface area contributed by atoms with E-state index in [0.29, 0.717) is 5.11 Å². The molecule has 0 radical (unpaired) electrons. The molecule has 2 heterocycles. The van der Waals surface area contributed by atoms with E-state index < -0.39 is 0 Å². The first-order valence-electron chi connectivity index (χ1n) is 9.62. The van der Waals surface area contributed by atoms with Crippen LogP contribution in [0.15, 0.2) is 60.8 Å². The number of benzene rings is 2. The van der Waals surface area contributed by atoms with Crippen LogP contribution in [0.5, 0.6) is 11.5 Å². The second kappa shape index (κ2) is 8.17. The van der Waals surface area contributed by atoms with Gasteiger partial charge in [-0.25, -0.2) is 0 Å². The average molecular weight is 408 g/mol. The minimum Gasteiger partial charge on any atom is -0.497 e. The third-order valence-corrected chi connectivity index (χ3v) is 5.68. The third-order valence-electron chi connectivity index (χ3n) is 5.34. The predicted octanol–water partition coefficient (Wildman–Crippen LogP) is 4.62. The van der Waals surface area contributed by atoms with Crippen LogP contribution >= 0.6 is 12.2 Å². The van der Waals surface area contributed by atoms with Crippen LogP contribution in [0.25, 0.3) is 0 Å². The number of nitrogens with one attached hydrogen (secondary N) is 1. The molecule has 1 atom stereocenters. The number of hydrogen-bond donors (Lipinski definition) is 1. The van der Waals surface area contributed by atoms with Crippen molar-refractivity contribution in [1.82, 2.24) is 9.47 Å². The molecule has 29 heavy (non-hydrogen) atoms. The summed E-state index contributed by atoms with van der Waals surface area (Å²) >= 11 is 5.86. The molecule has 0 saturated carbocycles. The van der Waals surface area contributed by atoms with Crippen molar-refractivity contribution in [1.29, 1.82) is 0 Å². The summed E-state index contributed by atoms with van der Waals surface area (Å²) in [5.41, 5.74) is 4.49. The number of aryl methyl sites for hydroxylation is 1. The van der Waals surface area contributed by atoms with Gasteiger partial charge in [-0.15, -0.1) is 0 Å². The van der Waals surface area contributed by atoms with E-state index in [4.69, 9.17) is 21.7 Å². The van der Waals surface area contributed by atoms with Gasteiger partial charge in [0.15, 0.2) is 5.11 Å². The Morgan fingerprint density at radius 2 is 1.83 bits per heavy atom. The van der Waals surface area contributed by atoms with E-state index in [1.165, 1.54) is 16.8 Å². The first-order valence-corrected chi connectivity index (χ1v) is 10.0. The van der Waals surface area contributed by atoms with Crippen LogP contribution in [-0.4, -0.2) is 35.3 Å².